The van der Waals surface area contributed by atoms with Crippen LogP contribution in [0.1, 0.15) is 13.3 Å². The summed E-state index contributed by atoms with van der Waals surface area (Å²) in [4.78, 5) is 4.35. The molecule has 0 saturated heterocycles. The molecule has 0 aliphatic carbocycles. The topological polar surface area (TPSA) is 24.9 Å². The van der Waals surface area contributed by atoms with E-state index < -0.39 is 0 Å². The van der Waals surface area contributed by atoms with E-state index in [1.807, 2.05) is 31.2 Å². The quantitative estimate of drug-likeness (QED) is 0.833. The first kappa shape index (κ1) is 11.8. The van der Waals surface area contributed by atoms with E-state index >= 15 is 0 Å². The minimum absolute atomic E-state index is 0.0152. The number of aromatic nitrogens is 1. The van der Waals surface area contributed by atoms with Crippen LogP contribution in [0.2, 0.25) is 5.02 Å². The predicted molar refractivity (Wildman–Crippen MR) is 73.3 cm³/mol. The zero-order chi connectivity index (χ0) is 12.3. The fourth-order valence-electron chi connectivity index (χ4n) is 1.70. The number of benzene rings is 1. The van der Waals surface area contributed by atoms with Gasteiger partial charge in [0.2, 0.25) is 0 Å². The molecule has 0 fully saturated rings. The van der Waals surface area contributed by atoms with Gasteiger partial charge in [-0.25, -0.2) is 0 Å². The molecule has 0 bridgehead atoms. The first-order chi connectivity index (χ1) is 8.26. The minimum atomic E-state index is 0.0152. The molecule has 1 aromatic heterocycles. The molecule has 1 aromatic carbocycles. The molecule has 3 heteroatoms. The van der Waals surface area contributed by atoms with Gasteiger partial charge in [0.05, 0.1) is 22.3 Å². The molecule has 0 spiro atoms. The van der Waals surface area contributed by atoms with Crippen molar-refractivity contribution in [2.45, 2.75) is 19.4 Å². The van der Waals surface area contributed by atoms with E-state index in [-0.39, 0.29) is 6.04 Å². The van der Waals surface area contributed by atoms with E-state index in [2.05, 4.69) is 16.2 Å². The lowest BCUT2D eigenvalue weighted by atomic mass is 10.1. The highest BCUT2D eigenvalue weighted by Crippen LogP contribution is 2.28. The number of rotatable bonds is 3. The van der Waals surface area contributed by atoms with E-state index in [0.717, 1.165) is 23.0 Å². The number of pyridine rings is 1. The Labute approximate surface area is 106 Å². The van der Waals surface area contributed by atoms with Gasteiger partial charge < -0.3 is 5.32 Å². The average Bonchev–Trinajstić information content (AvgIpc) is 2.38. The molecule has 1 N–H and O–H groups in total. The molecule has 2 rings (SSSR count). The van der Waals surface area contributed by atoms with Crippen molar-refractivity contribution in [1.29, 1.82) is 0 Å². The van der Waals surface area contributed by atoms with Gasteiger partial charge in [-0.15, -0.1) is 6.42 Å². The number of hydrogen-bond acceptors (Lipinski definition) is 2. The second-order valence-corrected chi connectivity index (χ2v) is 4.17. The number of nitrogens with zero attached hydrogens (tertiary/aromatic N) is 1. The molecule has 17 heavy (non-hydrogen) atoms. The Balaban J connectivity index is 2.49. The van der Waals surface area contributed by atoms with Crippen LogP contribution in [-0.4, -0.2) is 11.0 Å². The summed E-state index contributed by atoms with van der Waals surface area (Å²) in [6.45, 7) is 2.04. The lowest BCUT2D eigenvalue weighted by Crippen LogP contribution is -2.16. The maximum Gasteiger partial charge on any atom is 0.0948 e. The third-order valence-electron chi connectivity index (χ3n) is 2.66. The van der Waals surface area contributed by atoms with Crippen LogP contribution in [-0.2, 0) is 0 Å². The van der Waals surface area contributed by atoms with Crippen LogP contribution in [0.5, 0.6) is 0 Å². The molecular weight excluding hydrogens is 232 g/mol. The van der Waals surface area contributed by atoms with Crippen molar-refractivity contribution in [1.82, 2.24) is 4.98 Å². The van der Waals surface area contributed by atoms with Gasteiger partial charge in [-0.05, 0) is 30.7 Å². The SMILES string of the molecule is C#CC(CC)Nc1ccc(Cl)c2cccnc12. The summed E-state index contributed by atoms with van der Waals surface area (Å²) in [5.74, 6) is 2.71. The van der Waals surface area contributed by atoms with Crippen LogP contribution in [0.15, 0.2) is 30.5 Å². The van der Waals surface area contributed by atoms with Gasteiger partial charge >= 0.3 is 0 Å². The molecule has 1 atom stereocenters. The van der Waals surface area contributed by atoms with Crippen molar-refractivity contribution in [2.24, 2.45) is 0 Å². The zero-order valence-electron chi connectivity index (χ0n) is 9.57. The average molecular weight is 245 g/mol. The highest BCUT2D eigenvalue weighted by atomic mass is 35.5. The van der Waals surface area contributed by atoms with E-state index in [1.54, 1.807) is 6.20 Å². The van der Waals surface area contributed by atoms with E-state index in [0.29, 0.717) is 5.02 Å². The molecule has 0 aliphatic rings. The van der Waals surface area contributed by atoms with Crippen molar-refractivity contribution >= 4 is 28.2 Å². The van der Waals surface area contributed by atoms with Crippen LogP contribution in [0.4, 0.5) is 5.69 Å². The van der Waals surface area contributed by atoms with Gasteiger partial charge in [0, 0.05) is 11.6 Å². The third kappa shape index (κ3) is 2.35. The van der Waals surface area contributed by atoms with Gasteiger partial charge in [0.15, 0.2) is 0 Å². The van der Waals surface area contributed by atoms with Crippen LogP contribution in [0, 0.1) is 12.3 Å². The van der Waals surface area contributed by atoms with E-state index in [9.17, 15) is 0 Å². The fourth-order valence-corrected chi connectivity index (χ4v) is 1.92. The molecule has 0 radical (unpaired) electrons. The maximum absolute atomic E-state index is 6.13. The summed E-state index contributed by atoms with van der Waals surface area (Å²) in [6, 6.07) is 7.61. The number of halogens is 1. The van der Waals surface area contributed by atoms with Gasteiger partial charge in [0.1, 0.15) is 0 Å². The number of nitrogens with one attached hydrogen (secondary N) is 1. The Morgan fingerprint density at radius 3 is 3.00 bits per heavy atom. The van der Waals surface area contributed by atoms with Crippen LogP contribution in [0.25, 0.3) is 10.9 Å². The minimum Gasteiger partial charge on any atom is -0.370 e. The van der Waals surface area contributed by atoms with Crippen molar-refractivity contribution < 1.29 is 0 Å². The van der Waals surface area contributed by atoms with E-state index in [4.69, 9.17) is 18.0 Å². The Bertz CT molecular complexity index is 572. The van der Waals surface area contributed by atoms with E-state index in [1.165, 1.54) is 0 Å². The lowest BCUT2D eigenvalue weighted by Gasteiger charge is -2.14. The Hall–Kier alpha value is -1.72. The summed E-state index contributed by atoms with van der Waals surface area (Å²) in [7, 11) is 0. The maximum atomic E-state index is 6.13. The van der Waals surface area contributed by atoms with Crippen molar-refractivity contribution in [2.75, 3.05) is 5.32 Å². The molecular formula is C14H13ClN2. The van der Waals surface area contributed by atoms with Crippen molar-refractivity contribution in [3.63, 3.8) is 0 Å². The zero-order valence-corrected chi connectivity index (χ0v) is 10.3. The number of fused-ring (bicyclic) bond motifs is 1. The molecule has 0 aliphatic heterocycles. The fraction of sp³-hybridized carbons (Fsp3) is 0.214. The normalized spacial score (nSPS) is 12.1. The number of hydrogen-bond donors (Lipinski definition) is 1. The monoisotopic (exact) mass is 244 g/mol. The molecule has 2 nitrogen and oxygen atoms in total. The van der Waals surface area contributed by atoms with Gasteiger partial charge in [-0.2, -0.15) is 0 Å². The summed E-state index contributed by atoms with van der Waals surface area (Å²) < 4.78 is 0. The van der Waals surface area contributed by atoms with Crippen LogP contribution in [0.3, 0.4) is 0 Å². The smallest absolute Gasteiger partial charge is 0.0948 e. The molecule has 1 unspecified atom stereocenters. The van der Waals surface area contributed by atoms with Gasteiger partial charge in [-0.1, -0.05) is 24.4 Å². The van der Waals surface area contributed by atoms with Crippen molar-refractivity contribution in [3.8, 4) is 12.3 Å². The number of terminal acetylenes is 1. The first-order valence-electron chi connectivity index (χ1n) is 5.52. The first-order valence-corrected chi connectivity index (χ1v) is 5.90. The lowest BCUT2D eigenvalue weighted by molar-refractivity contribution is 0.859. The largest absolute Gasteiger partial charge is 0.370 e. The Morgan fingerprint density at radius 2 is 2.29 bits per heavy atom. The second-order valence-electron chi connectivity index (χ2n) is 3.77. The van der Waals surface area contributed by atoms with Gasteiger partial charge in [-0.3, -0.25) is 4.98 Å². The third-order valence-corrected chi connectivity index (χ3v) is 2.99. The summed E-state index contributed by atoms with van der Waals surface area (Å²) in [5, 5.41) is 4.93. The summed E-state index contributed by atoms with van der Waals surface area (Å²) >= 11 is 6.13. The highest BCUT2D eigenvalue weighted by Gasteiger charge is 2.08. The molecule has 2 aromatic rings. The standard InChI is InChI=1S/C14H13ClN2/c1-3-10(4-2)17-13-8-7-12(15)11-6-5-9-16-14(11)13/h1,5-10,17H,4H2,2H3. The summed E-state index contributed by atoms with van der Waals surface area (Å²) in [5.41, 5.74) is 1.78. The second kappa shape index (κ2) is 5.07. The Morgan fingerprint density at radius 1 is 1.47 bits per heavy atom. The number of anilines is 1. The summed E-state index contributed by atoms with van der Waals surface area (Å²) in [6.07, 6.45) is 8.07. The molecule has 0 saturated carbocycles. The molecule has 0 amide bonds. The van der Waals surface area contributed by atoms with Crippen LogP contribution >= 0.6 is 11.6 Å². The predicted octanol–water partition coefficient (Wildman–Crippen LogP) is 3.71. The highest BCUT2D eigenvalue weighted by molar-refractivity contribution is 6.35. The van der Waals surface area contributed by atoms with Crippen LogP contribution < -0.4 is 5.32 Å². The molecule has 86 valence electrons. The van der Waals surface area contributed by atoms with Gasteiger partial charge in [0.25, 0.3) is 0 Å². The Kier molecular flexibility index (Phi) is 3.51. The van der Waals surface area contributed by atoms with Crippen molar-refractivity contribution in [3.05, 3.63) is 35.5 Å². The molecule has 1 heterocycles.